The number of rotatable bonds is 3. The fraction of sp³-hybridized carbons (Fsp3) is 0.750. The van der Waals surface area contributed by atoms with E-state index < -0.39 is 0 Å². The predicted molar refractivity (Wildman–Crippen MR) is 41.1 cm³/mol. The van der Waals surface area contributed by atoms with E-state index in [0.717, 1.165) is 6.42 Å². The van der Waals surface area contributed by atoms with Crippen LogP contribution in [0.5, 0.6) is 0 Å². The number of halogens is 1. The summed E-state index contributed by atoms with van der Waals surface area (Å²) >= 11 is 1.69. The molecule has 0 rings (SSSR count). The summed E-state index contributed by atoms with van der Waals surface area (Å²) in [6.45, 7) is 1.33. The molecule has 8 heavy (non-hydrogen) atoms. The molecule has 0 aromatic carbocycles. The third-order valence-electron chi connectivity index (χ3n) is 0.645. The van der Waals surface area contributed by atoms with E-state index in [1.165, 1.54) is 0 Å². The second-order valence-corrected chi connectivity index (χ2v) is 2.32. The SMILES string of the molecule is NCCCNC(=O)I. The lowest BCUT2D eigenvalue weighted by molar-refractivity contribution is 0.263. The van der Waals surface area contributed by atoms with Gasteiger partial charge in [-0.1, -0.05) is 0 Å². The quantitative estimate of drug-likeness (QED) is 0.319. The molecule has 0 aliphatic carbocycles. The summed E-state index contributed by atoms with van der Waals surface area (Å²) < 4.78 is -0.0175. The van der Waals surface area contributed by atoms with Gasteiger partial charge in [-0.15, -0.1) is 0 Å². The lowest BCUT2D eigenvalue weighted by Crippen LogP contribution is -2.19. The minimum Gasteiger partial charge on any atom is -0.347 e. The smallest absolute Gasteiger partial charge is 0.280 e. The number of nitrogens with two attached hydrogens (primary N) is 1. The zero-order valence-corrected chi connectivity index (χ0v) is 6.64. The molecule has 0 fully saturated rings. The maximum absolute atomic E-state index is 10.2. The number of nitrogens with one attached hydrogen (secondary N) is 1. The van der Waals surface area contributed by atoms with E-state index in [0.29, 0.717) is 13.1 Å². The standard InChI is InChI=1S/C4H9IN2O/c5-4(8)7-3-1-2-6/h1-3,6H2,(H,7,8). The molecule has 0 aromatic rings. The minimum atomic E-state index is -0.0175. The van der Waals surface area contributed by atoms with Crippen molar-refractivity contribution in [3.8, 4) is 0 Å². The molecule has 0 unspecified atom stereocenters. The Hall–Kier alpha value is 0.160. The molecular formula is C4H9IN2O. The molecule has 0 saturated carbocycles. The highest BCUT2D eigenvalue weighted by Crippen LogP contribution is 1.81. The van der Waals surface area contributed by atoms with E-state index in [2.05, 4.69) is 5.32 Å². The Labute approximate surface area is 62.1 Å². The van der Waals surface area contributed by atoms with Gasteiger partial charge in [-0.25, -0.2) is 0 Å². The second kappa shape index (κ2) is 5.30. The van der Waals surface area contributed by atoms with Gasteiger partial charge in [-0.3, -0.25) is 4.79 Å². The first kappa shape index (κ1) is 8.16. The molecule has 0 aliphatic heterocycles. The van der Waals surface area contributed by atoms with Crippen LogP contribution < -0.4 is 11.1 Å². The molecule has 0 aliphatic rings. The molecule has 0 atom stereocenters. The monoisotopic (exact) mass is 228 g/mol. The van der Waals surface area contributed by atoms with Gasteiger partial charge in [0.2, 0.25) is 0 Å². The Bertz CT molecular complexity index is 76.4. The third-order valence-corrected chi connectivity index (χ3v) is 1.03. The van der Waals surface area contributed by atoms with Crippen LogP contribution in [0.4, 0.5) is 4.79 Å². The molecule has 3 nitrogen and oxygen atoms in total. The van der Waals surface area contributed by atoms with Crippen molar-refractivity contribution in [2.75, 3.05) is 13.1 Å². The Morgan fingerprint density at radius 3 is 2.75 bits per heavy atom. The Morgan fingerprint density at radius 2 is 2.38 bits per heavy atom. The Morgan fingerprint density at radius 1 is 1.75 bits per heavy atom. The lowest BCUT2D eigenvalue weighted by Gasteiger charge is -1.95. The van der Waals surface area contributed by atoms with Crippen LogP contribution in [0, 0.1) is 0 Å². The number of amides is 1. The van der Waals surface area contributed by atoms with Crippen molar-refractivity contribution in [3.63, 3.8) is 0 Å². The van der Waals surface area contributed by atoms with Crippen LogP contribution in [-0.4, -0.2) is 17.0 Å². The number of carbonyl (C=O) groups excluding carboxylic acids is 1. The fourth-order valence-electron chi connectivity index (χ4n) is 0.289. The molecule has 4 heteroatoms. The average Bonchev–Trinajstić information content (AvgIpc) is 1.66. The molecule has 48 valence electrons. The first-order chi connectivity index (χ1) is 3.77. The Balaban J connectivity index is 2.82. The molecule has 0 heterocycles. The topological polar surface area (TPSA) is 55.1 Å². The van der Waals surface area contributed by atoms with Gasteiger partial charge in [0.1, 0.15) is 0 Å². The number of hydrogen-bond acceptors (Lipinski definition) is 2. The van der Waals surface area contributed by atoms with E-state index in [1.807, 2.05) is 0 Å². The van der Waals surface area contributed by atoms with Crippen LogP contribution in [0.1, 0.15) is 6.42 Å². The normalized spacial score (nSPS) is 8.75. The van der Waals surface area contributed by atoms with Crippen molar-refractivity contribution in [2.45, 2.75) is 6.42 Å². The highest BCUT2D eigenvalue weighted by Gasteiger charge is 1.87. The molecule has 0 aromatic heterocycles. The van der Waals surface area contributed by atoms with E-state index in [9.17, 15) is 4.79 Å². The van der Waals surface area contributed by atoms with Crippen molar-refractivity contribution >= 4 is 26.5 Å². The van der Waals surface area contributed by atoms with Gasteiger partial charge in [0.05, 0.1) is 0 Å². The predicted octanol–water partition coefficient (Wildman–Crippen LogP) is 0.480. The van der Waals surface area contributed by atoms with Crippen molar-refractivity contribution in [1.29, 1.82) is 0 Å². The van der Waals surface area contributed by atoms with Crippen LogP contribution in [-0.2, 0) is 0 Å². The summed E-state index contributed by atoms with van der Waals surface area (Å²) in [6.07, 6.45) is 0.856. The van der Waals surface area contributed by atoms with Gasteiger partial charge in [0.25, 0.3) is 3.91 Å². The summed E-state index contributed by atoms with van der Waals surface area (Å²) in [5, 5.41) is 2.61. The van der Waals surface area contributed by atoms with Crippen molar-refractivity contribution in [1.82, 2.24) is 5.32 Å². The van der Waals surface area contributed by atoms with E-state index in [1.54, 1.807) is 22.6 Å². The summed E-state index contributed by atoms with van der Waals surface area (Å²) in [6, 6.07) is 0. The van der Waals surface area contributed by atoms with Gasteiger partial charge >= 0.3 is 0 Å². The summed E-state index contributed by atoms with van der Waals surface area (Å²) in [5.41, 5.74) is 5.16. The summed E-state index contributed by atoms with van der Waals surface area (Å²) in [5.74, 6) is 0. The molecule has 0 radical (unpaired) electrons. The molecule has 1 amide bonds. The number of carbonyl (C=O) groups is 1. The van der Waals surface area contributed by atoms with Crippen LogP contribution in [0.3, 0.4) is 0 Å². The molecule has 3 N–H and O–H groups in total. The fourth-order valence-corrected chi connectivity index (χ4v) is 0.558. The van der Waals surface area contributed by atoms with Crippen molar-refractivity contribution < 1.29 is 4.79 Å². The zero-order chi connectivity index (χ0) is 6.41. The molecular weight excluding hydrogens is 219 g/mol. The molecule has 0 spiro atoms. The first-order valence-corrected chi connectivity index (χ1v) is 3.48. The average molecular weight is 228 g/mol. The second-order valence-electron chi connectivity index (χ2n) is 1.34. The largest absolute Gasteiger partial charge is 0.347 e. The molecule has 0 bridgehead atoms. The number of hydrogen-bond donors (Lipinski definition) is 2. The maximum atomic E-state index is 10.2. The maximum Gasteiger partial charge on any atom is 0.280 e. The molecule has 0 saturated heterocycles. The van der Waals surface area contributed by atoms with Crippen LogP contribution in [0.25, 0.3) is 0 Å². The van der Waals surface area contributed by atoms with Gasteiger partial charge < -0.3 is 11.1 Å². The highest BCUT2D eigenvalue weighted by molar-refractivity contribution is 14.1. The van der Waals surface area contributed by atoms with E-state index in [4.69, 9.17) is 5.73 Å². The minimum absolute atomic E-state index is 0.0175. The van der Waals surface area contributed by atoms with E-state index in [-0.39, 0.29) is 3.91 Å². The summed E-state index contributed by atoms with van der Waals surface area (Å²) in [4.78, 5) is 10.2. The Kier molecular flexibility index (Phi) is 5.41. The van der Waals surface area contributed by atoms with Crippen LogP contribution in [0.15, 0.2) is 0 Å². The third kappa shape index (κ3) is 6.16. The van der Waals surface area contributed by atoms with Gasteiger partial charge in [0.15, 0.2) is 0 Å². The van der Waals surface area contributed by atoms with Gasteiger partial charge in [-0.2, -0.15) is 0 Å². The van der Waals surface area contributed by atoms with Crippen molar-refractivity contribution in [3.05, 3.63) is 0 Å². The lowest BCUT2D eigenvalue weighted by atomic mass is 10.4. The summed E-state index contributed by atoms with van der Waals surface area (Å²) in [7, 11) is 0. The van der Waals surface area contributed by atoms with Crippen molar-refractivity contribution in [2.24, 2.45) is 5.73 Å². The zero-order valence-electron chi connectivity index (χ0n) is 4.48. The highest BCUT2D eigenvalue weighted by atomic mass is 127. The van der Waals surface area contributed by atoms with Crippen LogP contribution in [0.2, 0.25) is 0 Å². The van der Waals surface area contributed by atoms with Gasteiger partial charge in [0, 0.05) is 29.1 Å². The van der Waals surface area contributed by atoms with E-state index >= 15 is 0 Å². The van der Waals surface area contributed by atoms with Crippen LogP contribution >= 0.6 is 22.6 Å². The van der Waals surface area contributed by atoms with Gasteiger partial charge in [-0.05, 0) is 13.0 Å². The first-order valence-electron chi connectivity index (χ1n) is 2.40.